The Labute approximate surface area is 216 Å². The summed E-state index contributed by atoms with van der Waals surface area (Å²) in [4.78, 5) is 24.2. The predicted molar refractivity (Wildman–Crippen MR) is 135 cm³/mol. The van der Waals surface area contributed by atoms with Gasteiger partial charge >= 0.3 is 12.1 Å². The summed E-state index contributed by atoms with van der Waals surface area (Å²) < 4.78 is 45.1. The molecule has 198 valence electrons. The Bertz CT molecular complexity index is 1240. The fourth-order valence-electron chi connectivity index (χ4n) is 4.01. The number of hydrogen-bond acceptors (Lipinski definition) is 5. The van der Waals surface area contributed by atoms with E-state index in [2.05, 4.69) is 5.32 Å². The van der Waals surface area contributed by atoms with Crippen LogP contribution in [0.2, 0.25) is 0 Å². The van der Waals surface area contributed by atoms with Crippen molar-refractivity contribution in [1.29, 1.82) is 0 Å². The number of rotatable bonds is 9. The second-order valence-electron chi connectivity index (χ2n) is 9.08. The molecule has 2 atom stereocenters. The number of carbonyl (C=O) groups excluding carboxylic acids is 1. The summed E-state index contributed by atoms with van der Waals surface area (Å²) in [6, 6.07) is 12.1. The lowest BCUT2D eigenvalue weighted by atomic mass is 9.94. The highest BCUT2D eigenvalue weighted by Gasteiger charge is 2.30. The molecule has 0 spiro atoms. The lowest BCUT2D eigenvalue weighted by Crippen LogP contribution is -2.35. The maximum atomic E-state index is 12.9. The average molecular weight is 536 g/mol. The molecule has 0 aliphatic heterocycles. The van der Waals surface area contributed by atoms with E-state index in [0.717, 1.165) is 33.7 Å². The molecule has 2 unspecified atom stereocenters. The summed E-state index contributed by atoms with van der Waals surface area (Å²) in [6.45, 7) is 7.68. The monoisotopic (exact) mass is 535 g/mol. The number of carboxylic acids is 1. The molecule has 3 aromatic rings. The molecule has 0 saturated carbocycles. The van der Waals surface area contributed by atoms with Gasteiger partial charge in [-0.3, -0.25) is 9.59 Å². The fraction of sp³-hybridized carbons (Fsp3) is 0.333. The quantitative estimate of drug-likeness (QED) is 0.278. The summed E-state index contributed by atoms with van der Waals surface area (Å²) in [5.41, 5.74) is 2.49. The topological polar surface area (TPSA) is 95.9 Å². The van der Waals surface area contributed by atoms with Gasteiger partial charge in [-0.05, 0) is 78.4 Å². The second-order valence-corrected chi connectivity index (χ2v) is 10.2. The van der Waals surface area contributed by atoms with E-state index in [1.807, 2.05) is 39.8 Å². The molecule has 0 radical (unpaired) electrons. The number of nitrogens with one attached hydrogen (secondary N) is 1. The Morgan fingerprint density at radius 2 is 1.62 bits per heavy atom. The Morgan fingerprint density at radius 1 is 1.03 bits per heavy atom. The zero-order chi connectivity index (χ0) is 27.5. The van der Waals surface area contributed by atoms with Crippen molar-refractivity contribution in [3.05, 3.63) is 75.0 Å². The highest BCUT2D eigenvalue weighted by Crippen LogP contribution is 2.37. The number of thiophene rings is 1. The van der Waals surface area contributed by atoms with E-state index < -0.39 is 42.4 Å². The summed E-state index contributed by atoms with van der Waals surface area (Å²) in [6.07, 6.45) is -6.90. The van der Waals surface area contributed by atoms with Crippen LogP contribution < -0.4 is 10.1 Å². The van der Waals surface area contributed by atoms with Crippen LogP contribution in [0.5, 0.6) is 5.75 Å². The summed E-state index contributed by atoms with van der Waals surface area (Å²) in [5.74, 6) is -1.20. The number of alkyl halides is 3. The minimum Gasteiger partial charge on any atom is -0.485 e. The normalized spacial score (nSPS) is 13.3. The summed E-state index contributed by atoms with van der Waals surface area (Å²) in [5, 5.41) is 20.7. The van der Waals surface area contributed by atoms with Crippen molar-refractivity contribution in [3.8, 4) is 16.9 Å². The van der Waals surface area contributed by atoms with E-state index in [0.29, 0.717) is 16.2 Å². The predicted octanol–water partition coefficient (Wildman–Crippen LogP) is 6.35. The molecule has 37 heavy (non-hydrogen) atoms. The van der Waals surface area contributed by atoms with Gasteiger partial charge in [0, 0.05) is 4.88 Å². The van der Waals surface area contributed by atoms with Gasteiger partial charge in [-0.2, -0.15) is 13.2 Å². The van der Waals surface area contributed by atoms with Crippen LogP contribution >= 0.6 is 11.3 Å². The van der Waals surface area contributed by atoms with E-state index in [1.165, 1.54) is 23.5 Å². The van der Waals surface area contributed by atoms with Gasteiger partial charge in [0.05, 0.1) is 16.9 Å². The van der Waals surface area contributed by atoms with Crippen LogP contribution in [0.1, 0.15) is 57.6 Å². The Hall–Kier alpha value is -3.37. The smallest absolute Gasteiger partial charge is 0.416 e. The third kappa shape index (κ3) is 7.11. The van der Waals surface area contributed by atoms with Crippen LogP contribution in [0.15, 0.2) is 48.5 Å². The van der Waals surface area contributed by atoms with E-state index in [-0.39, 0.29) is 5.92 Å². The Kier molecular flexibility index (Phi) is 8.65. The van der Waals surface area contributed by atoms with Crippen molar-refractivity contribution < 1.29 is 37.7 Å². The molecule has 3 N–H and O–H groups in total. The van der Waals surface area contributed by atoms with Crippen molar-refractivity contribution in [2.45, 2.75) is 52.6 Å². The number of aryl methyl sites for hydroxylation is 2. The molecule has 2 aromatic carbocycles. The average Bonchev–Trinajstić information content (AvgIpc) is 3.26. The van der Waals surface area contributed by atoms with Gasteiger partial charge in [-0.1, -0.05) is 26.0 Å². The molecule has 1 amide bonds. The van der Waals surface area contributed by atoms with Gasteiger partial charge < -0.3 is 20.3 Å². The maximum absolute atomic E-state index is 12.9. The van der Waals surface area contributed by atoms with Gasteiger partial charge in [-0.15, -0.1) is 11.3 Å². The van der Waals surface area contributed by atoms with Crippen molar-refractivity contribution in [3.63, 3.8) is 0 Å². The first-order valence-electron chi connectivity index (χ1n) is 11.5. The van der Waals surface area contributed by atoms with Gasteiger partial charge in [0.2, 0.25) is 0 Å². The number of aliphatic hydroxyl groups excluding tert-OH is 1. The van der Waals surface area contributed by atoms with Gasteiger partial charge in [-0.25, -0.2) is 0 Å². The van der Waals surface area contributed by atoms with Gasteiger partial charge in [0.1, 0.15) is 18.1 Å². The van der Waals surface area contributed by atoms with Crippen molar-refractivity contribution >= 4 is 23.2 Å². The molecule has 3 rings (SSSR count). The SMILES string of the molecule is Cc1cc(OC(c2ccc(C(=O)NC(O)CC(=O)O)s2)C(C)C)cc(C)c1-c1ccc(C(F)(F)F)cc1. The molecular formula is C27H28F3NO5S. The molecule has 0 aliphatic carbocycles. The zero-order valence-electron chi connectivity index (χ0n) is 20.7. The van der Waals surface area contributed by atoms with Crippen molar-refractivity contribution in [1.82, 2.24) is 5.32 Å². The molecular weight excluding hydrogens is 507 g/mol. The first kappa shape index (κ1) is 28.2. The minimum absolute atomic E-state index is 0.0300. The van der Waals surface area contributed by atoms with Crippen LogP contribution in [0.3, 0.4) is 0 Å². The molecule has 0 saturated heterocycles. The molecule has 0 aliphatic rings. The lowest BCUT2D eigenvalue weighted by molar-refractivity contribution is -0.139. The molecule has 10 heteroatoms. The third-order valence-electron chi connectivity index (χ3n) is 5.67. The van der Waals surface area contributed by atoms with Crippen LogP contribution in [-0.4, -0.2) is 28.3 Å². The highest BCUT2D eigenvalue weighted by atomic mass is 32.1. The van der Waals surface area contributed by atoms with E-state index in [1.54, 1.807) is 12.1 Å². The molecule has 0 fully saturated rings. The number of benzene rings is 2. The number of amides is 1. The number of aliphatic hydroxyl groups is 1. The highest BCUT2D eigenvalue weighted by molar-refractivity contribution is 7.14. The molecule has 1 aromatic heterocycles. The molecule has 1 heterocycles. The number of halogens is 3. The van der Waals surface area contributed by atoms with E-state index >= 15 is 0 Å². The zero-order valence-corrected chi connectivity index (χ0v) is 21.5. The first-order chi connectivity index (χ1) is 17.3. The number of carboxylic acid groups (broad SMARTS) is 1. The number of hydrogen-bond donors (Lipinski definition) is 3. The van der Waals surface area contributed by atoms with Gasteiger partial charge in [0.15, 0.2) is 0 Å². The molecule has 6 nitrogen and oxygen atoms in total. The van der Waals surface area contributed by atoms with Crippen LogP contribution in [0, 0.1) is 19.8 Å². The number of aliphatic carboxylic acids is 1. The minimum atomic E-state index is -4.40. The molecule has 0 bridgehead atoms. The Balaban J connectivity index is 1.81. The van der Waals surface area contributed by atoms with Crippen molar-refractivity contribution in [2.24, 2.45) is 5.92 Å². The van der Waals surface area contributed by atoms with Crippen molar-refractivity contribution in [2.75, 3.05) is 0 Å². The summed E-state index contributed by atoms with van der Waals surface area (Å²) in [7, 11) is 0. The van der Waals surface area contributed by atoms with Crippen LogP contribution in [0.25, 0.3) is 11.1 Å². The largest absolute Gasteiger partial charge is 0.485 e. The van der Waals surface area contributed by atoms with Crippen LogP contribution in [0.4, 0.5) is 13.2 Å². The fourth-order valence-corrected chi connectivity index (χ4v) is 5.12. The standard InChI is InChI=1S/C27H28F3NO5S/c1-14(2)25(20-9-10-21(37-20)26(35)31-22(32)13-23(33)34)36-19-11-15(3)24(16(4)12-19)17-5-7-18(8-6-17)27(28,29)30/h5-12,14,22,25,32H,13H2,1-4H3,(H,31,35)(H,33,34). The van der Waals surface area contributed by atoms with E-state index in [4.69, 9.17) is 9.84 Å². The second kappa shape index (κ2) is 11.4. The van der Waals surface area contributed by atoms with E-state index in [9.17, 15) is 27.9 Å². The number of ether oxygens (including phenoxy) is 1. The number of carbonyl (C=O) groups is 2. The first-order valence-corrected chi connectivity index (χ1v) is 12.3. The van der Waals surface area contributed by atoms with Crippen LogP contribution in [-0.2, 0) is 11.0 Å². The summed E-state index contributed by atoms with van der Waals surface area (Å²) >= 11 is 1.18. The lowest BCUT2D eigenvalue weighted by Gasteiger charge is -2.23. The third-order valence-corrected chi connectivity index (χ3v) is 6.82. The maximum Gasteiger partial charge on any atom is 0.416 e. The Morgan fingerprint density at radius 3 is 2.14 bits per heavy atom. The van der Waals surface area contributed by atoms with Gasteiger partial charge in [0.25, 0.3) is 5.91 Å².